The van der Waals surface area contributed by atoms with E-state index in [1.54, 1.807) is 0 Å². The van der Waals surface area contributed by atoms with Gasteiger partial charge in [-0.3, -0.25) is 9.48 Å². The largest absolute Gasteiger partial charge is 0.469 e. The molecule has 2 unspecified atom stereocenters. The average Bonchev–Trinajstić information content (AvgIpc) is 2.84. The molecule has 2 rings (SSSR count). The molecule has 1 aliphatic rings. The summed E-state index contributed by atoms with van der Waals surface area (Å²) in [5, 5.41) is 4.46. The molecule has 0 aliphatic carbocycles. The van der Waals surface area contributed by atoms with Crippen LogP contribution in [0.2, 0.25) is 0 Å². The number of anilines is 1. The van der Waals surface area contributed by atoms with Crippen molar-refractivity contribution in [2.75, 3.05) is 18.6 Å². The van der Waals surface area contributed by atoms with Crippen molar-refractivity contribution in [2.45, 2.75) is 53.1 Å². The second-order valence-corrected chi connectivity index (χ2v) is 7.26. The predicted molar refractivity (Wildman–Crippen MR) is 83.2 cm³/mol. The summed E-state index contributed by atoms with van der Waals surface area (Å²) < 4.78 is 6.88. The highest BCUT2D eigenvalue weighted by Gasteiger charge is 2.31. The SMILES string of the molecule is COC(=O)C1CCC(C)N(c2cnn(CC(C)(C)C)c2)C1. The topological polar surface area (TPSA) is 47.4 Å². The molecule has 2 atom stereocenters. The van der Waals surface area contributed by atoms with Crippen LogP contribution in [0.15, 0.2) is 12.4 Å². The fourth-order valence-corrected chi connectivity index (χ4v) is 2.90. The van der Waals surface area contributed by atoms with Crippen LogP contribution in [0, 0.1) is 11.3 Å². The molecule has 0 bridgehead atoms. The Labute approximate surface area is 127 Å². The van der Waals surface area contributed by atoms with Crippen LogP contribution in [-0.4, -0.2) is 35.4 Å². The number of hydrogen-bond donors (Lipinski definition) is 0. The van der Waals surface area contributed by atoms with Gasteiger partial charge in [-0.25, -0.2) is 0 Å². The number of methoxy groups -OCH3 is 1. The Morgan fingerprint density at radius 2 is 2.14 bits per heavy atom. The molecule has 1 saturated heterocycles. The molecular weight excluding hydrogens is 266 g/mol. The summed E-state index contributed by atoms with van der Waals surface area (Å²) in [6.07, 6.45) is 5.90. The van der Waals surface area contributed by atoms with Gasteiger partial charge < -0.3 is 9.64 Å². The van der Waals surface area contributed by atoms with E-state index >= 15 is 0 Å². The molecule has 5 heteroatoms. The van der Waals surface area contributed by atoms with Gasteiger partial charge in [-0.2, -0.15) is 5.10 Å². The van der Waals surface area contributed by atoms with Crippen LogP contribution < -0.4 is 4.90 Å². The Hall–Kier alpha value is -1.52. The van der Waals surface area contributed by atoms with Gasteiger partial charge in [0, 0.05) is 25.3 Å². The van der Waals surface area contributed by atoms with Crippen molar-refractivity contribution in [1.29, 1.82) is 0 Å². The summed E-state index contributed by atoms with van der Waals surface area (Å²) in [5.41, 5.74) is 1.30. The summed E-state index contributed by atoms with van der Waals surface area (Å²) in [4.78, 5) is 14.0. The van der Waals surface area contributed by atoms with Crippen LogP contribution >= 0.6 is 0 Å². The Bertz CT molecular complexity index is 490. The average molecular weight is 293 g/mol. The first-order valence-corrected chi connectivity index (χ1v) is 7.67. The maximum atomic E-state index is 11.8. The zero-order valence-electron chi connectivity index (χ0n) is 13.8. The Morgan fingerprint density at radius 3 is 2.76 bits per heavy atom. The Morgan fingerprint density at radius 1 is 1.43 bits per heavy atom. The highest BCUT2D eigenvalue weighted by molar-refractivity contribution is 5.73. The van der Waals surface area contributed by atoms with Crippen molar-refractivity contribution in [3.63, 3.8) is 0 Å². The smallest absolute Gasteiger partial charge is 0.310 e. The first kappa shape index (κ1) is 15.9. The van der Waals surface area contributed by atoms with Crippen LogP contribution in [0.3, 0.4) is 0 Å². The lowest BCUT2D eigenvalue weighted by molar-refractivity contribution is -0.145. The standard InChI is InChI=1S/C16H27N3O2/c1-12-6-7-13(15(20)21-5)9-19(12)14-8-17-18(10-14)11-16(2,3)4/h8,10,12-13H,6-7,9,11H2,1-5H3. The number of carbonyl (C=O) groups is 1. The molecule has 0 amide bonds. The monoisotopic (exact) mass is 293 g/mol. The summed E-state index contributed by atoms with van der Waals surface area (Å²) in [6, 6.07) is 0.429. The molecule has 1 aromatic heterocycles. The van der Waals surface area contributed by atoms with Crippen LogP contribution in [0.25, 0.3) is 0 Å². The molecule has 0 aromatic carbocycles. The van der Waals surface area contributed by atoms with Gasteiger partial charge in [0.2, 0.25) is 0 Å². The van der Waals surface area contributed by atoms with E-state index in [9.17, 15) is 4.79 Å². The number of rotatable bonds is 3. The lowest BCUT2D eigenvalue weighted by Gasteiger charge is -2.37. The number of esters is 1. The fourth-order valence-electron chi connectivity index (χ4n) is 2.90. The zero-order valence-corrected chi connectivity index (χ0v) is 13.8. The van der Waals surface area contributed by atoms with Gasteiger partial charge in [0.05, 0.1) is 24.9 Å². The fraction of sp³-hybridized carbons (Fsp3) is 0.750. The van der Waals surface area contributed by atoms with Crippen LogP contribution in [0.5, 0.6) is 0 Å². The normalized spacial score (nSPS) is 23.2. The van der Waals surface area contributed by atoms with Gasteiger partial charge in [-0.15, -0.1) is 0 Å². The van der Waals surface area contributed by atoms with Crippen LogP contribution in [-0.2, 0) is 16.1 Å². The van der Waals surface area contributed by atoms with Gasteiger partial charge in [-0.05, 0) is 25.2 Å². The zero-order chi connectivity index (χ0) is 15.6. The first-order chi connectivity index (χ1) is 9.80. The maximum Gasteiger partial charge on any atom is 0.310 e. The van der Waals surface area contributed by atoms with Crippen molar-refractivity contribution in [3.8, 4) is 0 Å². The molecule has 0 N–H and O–H groups in total. The van der Waals surface area contributed by atoms with E-state index in [1.807, 2.05) is 10.9 Å². The third-order valence-electron chi connectivity index (χ3n) is 4.00. The van der Waals surface area contributed by atoms with Gasteiger partial charge in [0.1, 0.15) is 0 Å². The van der Waals surface area contributed by atoms with E-state index in [4.69, 9.17) is 4.74 Å². The molecule has 0 saturated carbocycles. The Balaban J connectivity index is 2.10. The molecule has 0 spiro atoms. The van der Waals surface area contributed by atoms with E-state index in [1.165, 1.54) is 7.11 Å². The van der Waals surface area contributed by atoms with Crippen molar-refractivity contribution in [1.82, 2.24) is 9.78 Å². The van der Waals surface area contributed by atoms with Crippen LogP contribution in [0.1, 0.15) is 40.5 Å². The molecule has 2 heterocycles. The number of ether oxygens (including phenoxy) is 1. The van der Waals surface area contributed by atoms with E-state index < -0.39 is 0 Å². The predicted octanol–water partition coefficient (Wildman–Crippen LogP) is 2.71. The first-order valence-electron chi connectivity index (χ1n) is 7.67. The molecule has 118 valence electrons. The molecule has 1 aliphatic heterocycles. The summed E-state index contributed by atoms with van der Waals surface area (Å²) in [5.74, 6) is -0.133. The quantitative estimate of drug-likeness (QED) is 0.804. The van der Waals surface area contributed by atoms with Gasteiger partial charge in [0.15, 0.2) is 0 Å². The van der Waals surface area contributed by atoms with Crippen molar-refractivity contribution in [2.24, 2.45) is 11.3 Å². The van der Waals surface area contributed by atoms with Gasteiger partial charge in [-0.1, -0.05) is 20.8 Å². The number of hydrogen-bond acceptors (Lipinski definition) is 4. The molecule has 0 radical (unpaired) electrons. The number of nitrogens with zero attached hydrogens (tertiary/aromatic N) is 3. The molecule has 1 aromatic rings. The van der Waals surface area contributed by atoms with Gasteiger partial charge >= 0.3 is 5.97 Å². The lowest BCUT2D eigenvalue weighted by Crippen LogP contribution is -2.44. The number of carbonyl (C=O) groups excluding carboxylic acids is 1. The minimum Gasteiger partial charge on any atom is -0.469 e. The number of aromatic nitrogens is 2. The summed E-state index contributed by atoms with van der Waals surface area (Å²) in [6.45, 7) is 10.4. The minimum absolute atomic E-state index is 0.0304. The van der Waals surface area contributed by atoms with Gasteiger partial charge in [0.25, 0.3) is 0 Å². The third kappa shape index (κ3) is 3.99. The minimum atomic E-state index is -0.103. The van der Waals surface area contributed by atoms with E-state index in [-0.39, 0.29) is 17.3 Å². The van der Waals surface area contributed by atoms with Crippen molar-refractivity contribution < 1.29 is 9.53 Å². The molecule has 1 fully saturated rings. The van der Waals surface area contributed by atoms with E-state index in [2.05, 4.69) is 43.9 Å². The second kappa shape index (κ2) is 6.08. The lowest BCUT2D eigenvalue weighted by atomic mass is 9.93. The summed E-state index contributed by atoms with van der Waals surface area (Å²) in [7, 11) is 1.46. The Kier molecular flexibility index (Phi) is 4.59. The molecule has 5 nitrogen and oxygen atoms in total. The third-order valence-corrected chi connectivity index (χ3v) is 4.00. The highest BCUT2D eigenvalue weighted by atomic mass is 16.5. The van der Waals surface area contributed by atoms with E-state index in [0.717, 1.165) is 31.6 Å². The van der Waals surface area contributed by atoms with E-state index in [0.29, 0.717) is 6.04 Å². The van der Waals surface area contributed by atoms with Crippen molar-refractivity contribution >= 4 is 11.7 Å². The number of piperidine rings is 1. The maximum absolute atomic E-state index is 11.8. The van der Waals surface area contributed by atoms with Crippen molar-refractivity contribution in [3.05, 3.63) is 12.4 Å². The summed E-state index contributed by atoms with van der Waals surface area (Å²) >= 11 is 0. The molecular formula is C16H27N3O2. The van der Waals surface area contributed by atoms with Crippen LogP contribution in [0.4, 0.5) is 5.69 Å². The molecule has 21 heavy (non-hydrogen) atoms. The second-order valence-electron chi connectivity index (χ2n) is 7.26. The highest BCUT2D eigenvalue weighted by Crippen LogP contribution is 2.28.